The molecule has 0 aliphatic carbocycles. The number of hydrogen-bond acceptors (Lipinski definition) is 5. The molecule has 0 saturated carbocycles. The van der Waals surface area contributed by atoms with Gasteiger partial charge in [-0.25, -0.2) is 4.98 Å². The number of furan rings is 1. The first-order valence-electron chi connectivity index (χ1n) is 8.03. The van der Waals surface area contributed by atoms with Gasteiger partial charge in [-0.3, -0.25) is 14.2 Å². The van der Waals surface area contributed by atoms with Crippen LogP contribution in [0.1, 0.15) is 5.76 Å². The molecule has 7 nitrogen and oxygen atoms in total. The van der Waals surface area contributed by atoms with Crippen LogP contribution >= 0.6 is 11.8 Å². The van der Waals surface area contributed by atoms with E-state index in [2.05, 4.69) is 15.3 Å². The number of hydrogen-bond donors (Lipinski definition) is 2. The van der Waals surface area contributed by atoms with E-state index >= 15 is 0 Å². The summed E-state index contributed by atoms with van der Waals surface area (Å²) in [6.07, 6.45) is 1.56. The number of rotatable bonds is 5. The highest BCUT2D eigenvalue weighted by Crippen LogP contribution is 2.24. The minimum absolute atomic E-state index is 0.153. The lowest BCUT2D eigenvalue weighted by Gasteiger charge is -2.07. The minimum Gasteiger partial charge on any atom is -0.467 e. The van der Waals surface area contributed by atoms with E-state index in [1.807, 2.05) is 24.3 Å². The Bertz CT molecular complexity index is 1140. The van der Waals surface area contributed by atoms with Gasteiger partial charge in [0.15, 0.2) is 5.16 Å². The Morgan fingerprint density at radius 2 is 2.15 bits per heavy atom. The molecule has 0 aliphatic rings. The molecule has 1 amide bonds. The molecule has 0 spiro atoms. The Balaban J connectivity index is 1.56. The second-order valence-corrected chi connectivity index (χ2v) is 6.74. The van der Waals surface area contributed by atoms with Crippen LogP contribution in [-0.4, -0.2) is 26.2 Å². The van der Waals surface area contributed by atoms with E-state index in [9.17, 15) is 9.59 Å². The Labute approximate surface area is 152 Å². The quantitative estimate of drug-likeness (QED) is 0.417. The molecule has 26 heavy (non-hydrogen) atoms. The molecule has 2 N–H and O–H groups in total. The molecule has 0 aliphatic heterocycles. The number of fused-ring (bicyclic) bond motifs is 3. The zero-order valence-corrected chi connectivity index (χ0v) is 14.8. The summed E-state index contributed by atoms with van der Waals surface area (Å²) in [4.78, 5) is 32.4. The standard InChI is InChI=1S/C18H16N4O3S/c1-22-17(24)16-15(12-6-2-3-7-13(12)20-16)21-18(22)26-10-14(23)19-9-11-5-4-8-25-11/h2-8,20H,9-10H2,1H3,(H,19,23). The summed E-state index contributed by atoms with van der Waals surface area (Å²) in [7, 11) is 1.66. The van der Waals surface area contributed by atoms with Crippen LogP contribution in [0, 0.1) is 0 Å². The molecular weight excluding hydrogens is 352 g/mol. The smallest absolute Gasteiger partial charge is 0.278 e. The van der Waals surface area contributed by atoms with Crippen LogP contribution in [0.15, 0.2) is 57.0 Å². The van der Waals surface area contributed by atoms with E-state index in [0.29, 0.717) is 28.5 Å². The molecule has 132 valence electrons. The number of para-hydroxylation sites is 1. The molecule has 3 aromatic heterocycles. The van der Waals surface area contributed by atoms with Crippen molar-refractivity contribution < 1.29 is 9.21 Å². The van der Waals surface area contributed by atoms with Gasteiger partial charge in [-0.2, -0.15) is 0 Å². The summed E-state index contributed by atoms with van der Waals surface area (Å²) < 4.78 is 6.64. The van der Waals surface area contributed by atoms with Gasteiger partial charge in [0.1, 0.15) is 16.8 Å². The monoisotopic (exact) mass is 368 g/mol. The molecule has 0 unspecified atom stereocenters. The fourth-order valence-corrected chi connectivity index (χ4v) is 3.53. The van der Waals surface area contributed by atoms with Crippen LogP contribution < -0.4 is 10.9 Å². The number of thioether (sulfide) groups is 1. The summed E-state index contributed by atoms with van der Waals surface area (Å²) in [6, 6.07) is 11.2. The van der Waals surface area contributed by atoms with Gasteiger partial charge in [0.05, 0.1) is 18.6 Å². The number of H-pyrrole nitrogens is 1. The minimum atomic E-state index is -0.162. The third-order valence-corrected chi connectivity index (χ3v) is 5.09. The predicted octanol–water partition coefficient (Wildman–Crippen LogP) is 2.42. The van der Waals surface area contributed by atoms with Crippen LogP contribution in [0.4, 0.5) is 0 Å². The fourth-order valence-electron chi connectivity index (χ4n) is 2.73. The molecule has 4 rings (SSSR count). The molecule has 3 heterocycles. The van der Waals surface area contributed by atoms with Crippen molar-refractivity contribution in [3.8, 4) is 0 Å². The number of nitrogens with zero attached hydrogens (tertiary/aromatic N) is 2. The zero-order chi connectivity index (χ0) is 18.1. The van der Waals surface area contributed by atoms with Crippen LogP contribution in [-0.2, 0) is 18.4 Å². The second kappa shape index (κ2) is 6.72. The van der Waals surface area contributed by atoms with Crippen LogP contribution in [0.25, 0.3) is 21.9 Å². The molecular formula is C18H16N4O3S. The lowest BCUT2D eigenvalue weighted by Crippen LogP contribution is -2.25. The third kappa shape index (κ3) is 2.99. The molecule has 0 fully saturated rings. The number of nitrogens with one attached hydrogen (secondary N) is 2. The van der Waals surface area contributed by atoms with Crippen molar-refractivity contribution in [2.75, 3.05) is 5.75 Å². The summed E-state index contributed by atoms with van der Waals surface area (Å²) in [6.45, 7) is 0.334. The second-order valence-electron chi connectivity index (χ2n) is 5.80. The van der Waals surface area contributed by atoms with Crippen LogP contribution in [0.2, 0.25) is 0 Å². The fraction of sp³-hybridized carbons (Fsp3) is 0.167. The molecule has 0 radical (unpaired) electrons. The largest absolute Gasteiger partial charge is 0.467 e. The lowest BCUT2D eigenvalue weighted by atomic mass is 10.2. The van der Waals surface area contributed by atoms with Gasteiger partial charge in [-0.1, -0.05) is 30.0 Å². The van der Waals surface area contributed by atoms with E-state index in [1.54, 1.807) is 25.4 Å². The van der Waals surface area contributed by atoms with Gasteiger partial charge < -0.3 is 14.7 Å². The molecule has 1 aromatic carbocycles. The predicted molar refractivity (Wildman–Crippen MR) is 100 cm³/mol. The van der Waals surface area contributed by atoms with Crippen molar-refractivity contribution in [2.45, 2.75) is 11.7 Å². The highest BCUT2D eigenvalue weighted by Gasteiger charge is 2.14. The van der Waals surface area contributed by atoms with Crippen molar-refractivity contribution >= 4 is 39.6 Å². The summed E-state index contributed by atoms with van der Waals surface area (Å²) in [5.74, 6) is 0.697. The molecule has 4 aromatic rings. The normalized spacial score (nSPS) is 11.3. The Morgan fingerprint density at radius 3 is 2.96 bits per heavy atom. The number of benzene rings is 1. The zero-order valence-electron chi connectivity index (χ0n) is 14.0. The highest BCUT2D eigenvalue weighted by molar-refractivity contribution is 7.99. The average molecular weight is 368 g/mol. The van der Waals surface area contributed by atoms with Crippen LogP contribution in [0.5, 0.6) is 0 Å². The number of amides is 1. The maximum Gasteiger partial charge on any atom is 0.278 e. The van der Waals surface area contributed by atoms with Crippen molar-refractivity contribution in [2.24, 2.45) is 7.05 Å². The van der Waals surface area contributed by atoms with E-state index in [1.165, 1.54) is 16.3 Å². The van der Waals surface area contributed by atoms with Gasteiger partial charge in [0, 0.05) is 18.0 Å². The van der Waals surface area contributed by atoms with Gasteiger partial charge in [-0.15, -0.1) is 0 Å². The first kappa shape index (κ1) is 16.5. The van der Waals surface area contributed by atoms with Crippen molar-refractivity contribution in [3.63, 3.8) is 0 Å². The van der Waals surface area contributed by atoms with Crippen molar-refractivity contribution in [1.82, 2.24) is 19.9 Å². The molecule has 8 heteroatoms. The Morgan fingerprint density at radius 1 is 1.31 bits per heavy atom. The summed E-state index contributed by atoms with van der Waals surface area (Å²) in [5, 5.41) is 4.17. The van der Waals surface area contributed by atoms with E-state index < -0.39 is 0 Å². The number of aromatic amines is 1. The van der Waals surface area contributed by atoms with Gasteiger partial charge in [0.2, 0.25) is 5.91 Å². The number of carbonyl (C=O) groups is 1. The van der Waals surface area contributed by atoms with E-state index in [4.69, 9.17) is 4.42 Å². The Hall–Kier alpha value is -3.00. The summed E-state index contributed by atoms with van der Waals surface area (Å²) in [5.41, 5.74) is 1.80. The molecule has 0 saturated heterocycles. The molecule has 0 bridgehead atoms. The van der Waals surface area contributed by atoms with E-state index in [-0.39, 0.29) is 17.2 Å². The topological polar surface area (TPSA) is 92.9 Å². The maximum atomic E-state index is 12.6. The van der Waals surface area contributed by atoms with E-state index in [0.717, 1.165) is 10.9 Å². The average Bonchev–Trinajstić information content (AvgIpc) is 3.29. The van der Waals surface area contributed by atoms with Crippen molar-refractivity contribution in [1.29, 1.82) is 0 Å². The summed E-state index contributed by atoms with van der Waals surface area (Å²) >= 11 is 1.23. The number of carbonyl (C=O) groups excluding carboxylic acids is 1. The highest BCUT2D eigenvalue weighted by atomic mass is 32.2. The number of aromatic nitrogens is 3. The lowest BCUT2D eigenvalue weighted by molar-refractivity contribution is -0.118. The third-order valence-electron chi connectivity index (χ3n) is 4.06. The van der Waals surface area contributed by atoms with Gasteiger partial charge >= 0.3 is 0 Å². The maximum absolute atomic E-state index is 12.6. The SMILES string of the molecule is Cn1c(SCC(=O)NCc2ccco2)nc2c([nH]c3ccccc32)c1=O. The van der Waals surface area contributed by atoms with Crippen LogP contribution in [0.3, 0.4) is 0 Å². The van der Waals surface area contributed by atoms with Crippen molar-refractivity contribution in [3.05, 3.63) is 58.8 Å². The van der Waals surface area contributed by atoms with Gasteiger partial charge in [0.25, 0.3) is 5.56 Å². The first-order chi connectivity index (χ1) is 12.6. The first-order valence-corrected chi connectivity index (χ1v) is 9.01. The Kier molecular flexibility index (Phi) is 4.26. The van der Waals surface area contributed by atoms with Gasteiger partial charge in [-0.05, 0) is 18.2 Å². The molecule has 0 atom stereocenters.